The second kappa shape index (κ2) is 6.70. The van der Waals surface area contributed by atoms with Crippen LogP contribution in [0.4, 0.5) is 5.69 Å². The average Bonchev–Trinajstić information content (AvgIpc) is 3.36. The van der Waals surface area contributed by atoms with Gasteiger partial charge in [0.25, 0.3) is 0 Å². The Morgan fingerprint density at radius 3 is 2.56 bits per heavy atom. The fourth-order valence-electron chi connectivity index (χ4n) is 5.43. The first-order chi connectivity index (χ1) is 13.2. The second-order valence-electron chi connectivity index (χ2n) is 8.61. The third kappa shape index (κ3) is 3.03. The Balaban J connectivity index is 1.27. The van der Waals surface area contributed by atoms with E-state index < -0.39 is 0 Å². The van der Waals surface area contributed by atoms with Crippen molar-refractivity contribution in [3.05, 3.63) is 66.0 Å². The smallest absolute Gasteiger partial charge is 0.0397 e. The molecule has 0 radical (unpaired) electrons. The van der Waals surface area contributed by atoms with Gasteiger partial charge in [0, 0.05) is 55.5 Å². The lowest BCUT2D eigenvalue weighted by Crippen LogP contribution is -2.41. The van der Waals surface area contributed by atoms with Gasteiger partial charge in [-0.25, -0.2) is 0 Å². The first kappa shape index (κ1) is 16.9. The van der Waals surface area contributed by atoms with Crippen molar-refractivity contribution >= 4 is 11.4 Å². The monoisotopic (exact) mass is 359 g/mol. The van der Waals surface area contributed by atoms with Gasteiger partial charge in [-0.1, -0.05) is 24.8 Å². The zero-order chi connectivity index (χ0) is 18.3. The third-order valence-corrected chi connectivity index (χ3v) is 7.13. The molecule has 0 bridgehead atoms. The molecule has 1 aliphatic carbocycles. The van der Waals surface area contributed by atoms with Gasteiger partial charge in [-0.2, -0.15) is 0 Å². The Labute approximate surface area is 162 Å². The van der Waals surface area contributed by atoms with E-state index in [1.54, 1.807) is 11.1 Å². The maximum atomic E-state index is 4.53. The Kier molecular flexibility index (Phi) is 4.18. The summed E-state index contributed by atoms with van der Waals surface area (Å²) in [7, 11) is 0. The van der Waals surface area contributed by atoms with Gasteiger partial charge in [-0.3, -0.25) is 4.98 Å². The first-order valence-electron chi connectivity index (χ1n) is 10.4. The van der Waals surface area contributed by atoms with Crippen LogP contribution in [0.1, 0.15) is 42.4 Å². The summed E-state index contributed by atoms with van der Waals surface area (Å²) in [6.45, 7) is 9.19. The van der Waals surface area contributed by atoms with Crippen LogP contribution in [0.15, 0.2) is 49.3 Å². The highest BCUT2D eigenvalue weighted by Gasteiger charge is 2.41. The molecule has 0 unspecified atom stereocenters. The number of pyridine rings is 1. The summed E-state index contributed by atoms with van der Waals surface area (Å²) in [5.41, 5.74) is 7.59. The number of hydrogen-bond donors (Lipinski definition) is 0. The summed E-state index contributed by atoms with van der Waals surface area (Å²) in [6.07, 6.45) is 11.5. The molecule has 2 fully saturated rings. The molecule has 1 aromatic carbocycles. The minimum Gasteiger partial charge on any atom is -0.371 e. The molecule has 1 spiro atoms. The van der Waals surface area contributed by atoms with Crippen LogP contribution in [0.25, 0.3) is 5.70 Å². The lowest BCUT2D eigenvalue weighted by molar-refractivity contribution is 0.231. The molecule has 0 atom stereocenters. The van der Waals surface area contributed by atoms with Crippen LogP contribution in [0.5, 0.6) is 0 Å². The summed E-state index contributed by atoms with van der Waals surface area (Å²) in [5.74, 6) is 0. The minimum absolute atomic E-state index is 0.477. The molecule has 2 aromatic rings. The summed E-state index contributed by atoms with van der Waals surface area (Å²) in [4.78, 5) is 9.25. The molecule has 3 nitrogen and oxygen atoms in total. The number of nitrogens with zero attached hydrogens (tertiary/aromatic N) is 3. The summed E-state index contributed by atoms with van der Waals surface area (Å²) in [5, 5.41) is 0. The highest BCUT2D eigenvalue weighted by atomic mass is 15.2. The number of rotatable bonds is 3. The van der Waals surface area contributed by atoms with Crippen molar-refractivity contribution in [2.24, 2.45) is 5.41 Å². The lowest BCUT2D eigenvalue weighted by Gasteiger charge is -2.40. The van der Waals surface area contributed by atoms with E-state index in [4.69, 9.17) is 0 Å². The highest BCUT2D eigenvalue weighted by Crippen LogP contribution is 2.44. The van der Waals surface area contributed by atoms with E-state index in [-0.39, 0.29) is 0 Å². The third-order valence-electron chi connectivity index (χ3n) is 7.13. The zero-order valence-electron chi connectivity index (χ0n) is 16.2. The molecule has 0 N–H and O–H groups in total. The Hall–Kier alpha value is -2.29. The topological polar surface area (TPSA) is 19.4 Å². The Morgan fingerprint density at radius 2 is 1.74 bits per heavy atom. The van der Waals surface area contributed by atoms with Crippen LogP contribution in [0.3, 0.4) is 0 Å². The molecule has 140 valence electrons. The van der Waals surface area contributed by atoms with Crippen molar-refractivity contribution in [1.29, 1.82) is 0 Å². The van der Waals surface area contributed by atoms with E-state index in [2.05, 4.69) is 51.7 Å². The normalized spacial score (nSPS) is 20.9. The van der Waals surface area contributed by atoms with Crippen LogP contribution in [0, 0.1) is 5.41 Å². The van der Waals surface area contributed by atoms with Crippen molar-refractivity contribution in [1.82, 2.24) is 9.88 Å². The summed E-state index contributed by atoms with van der Waals surface area (Å²) < 4.78 is 0. The molecule has 0 saturated carbocycles. The molecule has 2 aliphatic heterocycles. The first-order valence-corrected chi connectivity index (χ1v) is 10.4. The Bertz CT molecular complexity index is 834. The predicted molar refractivity (Wildman–Crippen MR) is 112 cm³/mol. The number of benzene rings is 1. The van der Waals surface area contributed by atoms with Gasteiger partial charge in [-0.05, 0) is 67.2 Å². The predicted octanol–water partition coefficient (Wildman–Crippen LogP) is 4.53. The number of aromatic nitrogens is 1. The van der Waals surface area contributed by atoms with E-state index in [1.807, 2.05) is 12.4 Å². The number of fused-ring (bicyclic) bond motifs is 1. The Morgan fingerprint density at radius 1 is 0.963 bits per heavy atom. The minimum atomic E-state index is 0.477. The van der Waals surface area contributed by atoms with E-state index in [0.29, 0.717) is 5.41 Å². The van der Waals surface area contributed by atoms with Crippen LogP contribution in [0.2, 0.25) is 0 Å². The molecule has 27 heavy (non-hydrogen) atoms. The van der Waals surface area contributed by atoms with Crippen LogP contribution in [-0.2, 0) is 12.8 Å². The van der Waals surface area contributed by atoms with Crippen molar-refractivity contribution in [3.8, 4) is 0 Å². The quantitative estimate of drug-likeness (QED) is 0.802. The maximum absolute atomic E-state index is 4.53. The number of piperidine rings is 1. The average molecular weight is 360 g/mol. The second-order valence-corrected chi connectivity index (χ2v) is 8.61. The summed E-state index contributed by atoms with van der Waals surface area (Å²) in [6, 6.07) is 11.1. The zero-order valence-corrected chi connectivity index (χ0v) is 16.2. The number of aryl methyl sites for hydroxylation is 1. The van der Waals surface area contributed by atoms with Crippen LogP contribution < -0.4 is 4.90 Å². The highest BCUT2D eigenvalue weighted by molar-refractivity contribution is 5.67. The standard InChI is InChI=1S/C24H29N3/c1-19(22-6-2-4-20-5-3-7-23(20)22)27-17-12-24(18-27)10-15-26(16-11-24)21-8-13-25-14-9-21/h2,4,6,8-9,13-14H,1,3,5,7,10-12,15-18H2. The van der Waals surface area contributed by atoms with Gasteiger partial charge < -0.3 is 9.80 Å². The van der Waals surface area contributed by atoms with Gasteiger partial charge in [-0.15, -0.1) is 0 Å². The number of likely N-dealkylation sites (tertiary alicyclic amines) is 1. The molecule has 3 aliphatic rings. The summed E-state index contributed by atoms with van der Waals surface area (Å²) >= 11 is 0. The number of hydrogen-bond acceptors (Lipinski definition) is 3. The van der Waals surface area contributed by atoms with Gasteiger partial charge in [0.2, 0.25) is 0 Å². The molecule has 0 amide bonds. The van der Waals surface area contributed by atoms with Crippen molar-refractivity contribution in [2.75, 3.05) is 31.1 Å². The van der Waals surface area contributed by atoms with E-state index in [9.17, 15) is 0 Å². The molecule has 2 saturated heterocycles. The van der Waals surface area contributed by atoms with E-state index in [1.165, 1.54) is 62.0 Å². The molecule has 5 rings (SSSR count). The molecule has 3 heteroatoms. The SMILES string of the molecule is C=C(c1cccc2c1CCC2)N1CCC2(CCN(c3ccncc3)CC2)C1. The fraction of sp³-hybridized carbons (Fsp3) is 0.458. The molecular formula is C24H29N3. The van der Waals surface area contributed by atoms with Gasteiger partial charge in [0.15, 0.2) is 0 Å². The van der Waals surface area contributed by atoms with Crippen LogP contribution >= 0.6 is 0 Å². The lowest BCUT2D eigenvalue weighted by atomic mass is 9.77. The molecule has 3 heterocycles. The van der Waals surface area contributed by atoms with Crippen molar-refractivity contribution in [3.63, 3.8) is 0 Å². The van der Waals surface area contributed by atoms with E-state index >= 15 is 0 Å². The maximum Gasteiger partial charge on any atom is 0.0397 e. The van der Waals surface area contributed by atoms with Crippen molar-refractivity contribution < 1.29 is 0 Å². The largest absolute Gasteiger partial charge is 0.371 e. The van der Waals surface area contributed by atoms with E-state index in [0.717, 1.165) is 19.6 Å². The van der Waals surface area contributed by atoms with Gasteiger partial charge in [0.05, 0.1) is 0 Å². The fourth-order valence-corrected chi connectivity index (χ4v) is 5.43. The molecular weight excluding hydrogens is 330 g/mol. The molecule has 1 aromatic heterocycles. The van der Waals surface area contributed by atoms with Gasteiger partial charge >= 0.3 is 0 Å². The van der Waals surface area contributed by atoms with Crippen molar-refractivity contribution in [2.45, 2.75) is 38.5 Å². The van der Waals surface area contributed by atoms with Crippen LogP contribution in [-0.4, -0.2) is 36.1 Å². The number of anilines is 1. The van der Waals surface area contributed by atoms with Gasteiger partial charge in [0.1, 0.15) is 0 Å².